The molecule has 0 bridgehead atoms. The van der Waals surface area contributed by atoms with Gasteiger partial charge in [0.1, 0.15) is 6.34 Å². The van der Waals surface area contributed by atoms with E-state index in [1.54, 1.807) is 67.5 Å². The van der Waals surface area contributed by atoms with Crippen LogP contribution in [0.2, 0.25) is 0 Å². The Morgan fingerprint density at radius 1 is 1.05 bits per heavy atom. The van der Waals surface area contributed by atoms with E-state index in [-0.39, 0.29) is 0 Å². The van der Waals surface area contributed by atoms with Gasteiger partial charge in [-0.3, -0.25) is 4.79 Å². The third-order valence-corrected chi connectivity index (χ3v) is 3.17. The van der Waals surface area contributed by atoms with Crippen LogP contribution in [0.25, 0.3) is 0 Å². The Balaban J connectivity index is 2.41. The first-order valence-corrected chi connectivity index (χ1v) is 6.88. The van der Waals surface area contributed by atoms with Gasteiger partial charge in [-0.05, 0) is 11.1 Å². The summed E-state index contributed by atoms with van der Waals surface area (Å²) in [5.41, 5.74) is 1.56. The summed E-state index contributed by atoms with van der Waals surface area (Å²) in [5, 5.41) is 14.9. The zero-order chi connectivity index (χ0) is 16.0. The molecular formula is C17H19N3O2. The van der Waals surface area contributed by atoms with Gasteiger partial charge in [-0.1, -0.05) is 60.7 Å². The van der Waals surface area contributed by atoms with Crippen LogP contribution in [0.5, 0.6) is 0 Å². The van der Waals surface area contributed by atoms with Crippen LogP contribution in [0.4, 0.5) is 0 Å². The van der Waals surface area contributed by atoms with E-state index in [2.05, 4.69) is 10.5 Å². The Bertz CT molecular complexity index is 600. The molecule has 0 atom stereocenters. The first kappa shape index (κ1) is 15.7. The quantitative estimate of drug-likeness (QED) is 0.500. The number of hydrogen-bond donors (Lipinski definition) is 2. The van der Waals surface area contributed by atoms with E-state index in [1.807, 2.05) is 12.1 Å². The van der Waals surface area contributed by atoms with Crippen LogP contribution >= 0.6 is 0 Å². The van der Waals surface area contributed by atoms with Gasteiger partial charge in [0.05, 0.1) is 0 Å². The summed E-state index contributed by atoms with van der Waals surface area (Å²) in [6.45, 7) is 0. The van der Waals surface area contributed by atoms with Crippen molar-refractivity contribution in [3.63, 3.8) is 0 Å². The van der Waals surface area contributed by atoms with Crippen molar-refractivity contribution < 1.29 is 9.90 Å². The van der Waals surface area contributed by atoms with E-state index in [4.69, 9.17) is 0 Å². The summed E-state index contributed by atoms with van der Waals surface area (Å²) < 4.78 is 0. The van der Waals surface area contributed by atoms with E-state index in [0.717, 1.165) is 0 Å². The largest absolute Gasteiger partial charge is 0.372 e. The number of carbonyl (C=O) groups excluding carboxylic acids is 1. The van der Waals surface area contributed by atoms with Crippen molar-refractivity contribution in [1.82, 2.24) is 10.3 Å². The van der Waals surface area contributed by atoms with Gasteiger partial charge in [0, 0.05) is 14.1 Å². The molecular weight excluding hydrogens is 278 g/mol. The Morgan fingerprint density at radius 3 is 1.91 bits per heavy atom. The fourth-order valence-corrected chi connectivity index (χ4v) is 2.07. The number of amides is 1. The predicted molar refractivity (Wildman–Crippen MR) is 86.2 cm³/mol. The molecule has 5 heteroatoms. The zero-order valence-electron chi connectivity index (χ0n) is 12.6. The minimum atomic E-state index is -1.80. The average molecular weight is 297 g/mol. The van der Waals surface area contributed by atoms with Crippen LogP contribution in [-0.4, -0.2) is 36.3 Å². The van der Waals surface area contributed by atoms with E-state index < -0.39 is 11.5 Å². The smallest absolute Gasteiger partial charge is 0.281 e. The molecule has 0 aliphatic carbocycles. The number of nitrogens with zero attached hydrogens (tertiary/aromatic N) is 2. The zero-order valence-corrected chi connectivity index (χ0v) is 12.6. The Labute approximate surface area is 129 Å². The molecule has 2 aromatic rings. The van der Waals surface area contributed by atoms with Crippen LogP contribution in [0, 0.1) is 0 Å². The fraction of sp³-hybridized carbons (Fsp3) is 0.176. The molecule has 5 nitrogen and oxygen atoms in total. The van der Waals surface area contributed by atoms with Crippen LogP contribution in [-0.2, 0) is 10.4 Å². The van der Waals surface area contributed by atoms with Crippen molar-refractivity contribution >= 4 is 12.2 Å². The molecule has 0 aliphatic rings. The maximum atomic E-state index is 12.6. The number of aliphatic hydroxyl groups is 1. The number of hydrogen-bond acceptors (Lipinski definition) is 3. The fourth-order valence-electron chi connectivity index (χ4n) is 2.07. The lowest BCUT2D eigenvalue weighted by Gasteiger charge is -2.27. The molecule has 0 saturated carbocycles. The highest BCUT2D eigenvalue weighted by Gasteiger charge is 2.39. The molecule has 0 fully saturated rings. The third kappa shape index (κ3) is 3.32. The molecule has 22 heavy (non-hydrogen) atoms. The first-order valence-electron chi connectivity index (χ1n) is 6.88. The molecule has 1 amide bonds. The molecule has 2 rings (SSSR count). The lowest BCUT2D eigenvalue weighted by molar-refractivity contribution is -0.136. The summed E-state index contributed by atoms with van der Waals surface area (Å²) >= 11 is 0. The Morgan fingerprint density at radius 2 is 1.50 bits per heavy atom. The molecule has 0 aliphatic heterocycles. The van der Waals surface area contributed by atoms with Crippen LogP contribution < -0.4 is 5.43 Å². The molecule has 114 valence electrons. The molecule has 2 N–H and O–H groups in total. The molecule has 0 radical (unpaired) electrons. The van der Waals surface area contributed by atoms with E-state index in [9.17, 15) is 9.90 Å². The lowest BCUT2D eigenvalue weighted by atomic mass is 9.86. The van der Waals surface area contributed by atoms with Gasteiger partial charge in [0.25, 0.3) is 5.91 Å². The standard InChI is InChI=1S/C17H19N3O2/c1-20(2)13-18-19-16(21)17(22,14-9-5-3-6-10-14)15-11-7-4-8-12-15/h3-13,22H,1-2H3,(H,19,21)/b18-13+. The van der Waals surface area contributed by atoms with Gasteiger partial charge in [-0.25, -0.2) is 5.43 Å². The number of rotatable bonds is 5. The third-order valence-electron chi connectivity index (χ3n) is 3.17. The SMILES string of the molecule is CN(C)/C=N/NC(=O)C(O)(c1ccccc1)c1ccccc1. The Hall–Kier alpha value is -2.66. The topological polar surface area (TPSA) is 64.9 Å². The summed E-state index contributed by atoms with van der Waals surface area (Å²) in [5.74, 6) is -0.608. The van der Waals surface area contributed by atoms with Gasteiger partial charge in [-0.2, -0.15) is 5.10 Å². The number of benzene rings is 2. The average Bonchev–Trinajstić information content (AvgIpc) is 2.55. The molecule has 0 heterocycles. The van der Waals surface area contributed by atoms with Gasteiger partial charge < -0.3 is 10.0 Å². The highest BCUT2D eigenvalue weighted by atomic mass is 16.3. The van der Waals surface area contributed by atoms with Crippen molar-refractivity contribution in [3.05, 3.63) is 71.8 Å². The molecule has 0 spiro atoms. The molecule has 0 saturated heterocycles. The maximum Gasteiger partial charge on any atom is 0.281 e. The van der Waals surface area contributed by atoms with E-state index in [0.29, 0.717) is 11.1 Å². The van der Waals surface area contributed by atoms with Gasteiger partial charge >= 0.3 is 0 Å². The minimum absolute atomic E-state index is 0.485. The van der Waals surface area contributed by atoms with Crippen molar-refractivity contribution in [2.75, 3.05) is 14.1 Å². The second kappa shape index (κ2) is 6.87. The predicted octanol–water partition coefficient (Wildman–Crippen LogP) is 1.54. The second-order valence-corrected chi connectivity index (χ2v) is 5.09. The minimum Gasteiger partial charge on any atom is -0.372 e. The van der Waals surface area contributed by atoms with Crippen LogP contribution in [0.15, 0.2) is 65.8 Å². The van der Waals surface area contributed by atoms with Crippen LogP contribution in [0.3, 0.4) is 0 Å². The number of nitrogens with one attached hydrogen (secondary N) is 1. The normalized spacial score (nSPS) is 11.4. The van der Waals surface area contributed by atoms with Gasteiger partial charge in [-0.15, -0.1) is 0 Å². The molecule has 0 aromatic heterocycles. The second-order valence-electron chi connectivity index (χ2n) is 5.09. The van der Waals surface area contributed by atoms with E-state index in [1.165, 1.54) is 6.34 Å². The summed E-state index contributed by atoms with van der Waals surface area (Å²) in [6, 6.07) is 17.6. The Kier molecular flexibility index (Phi) is 4.91. The summed E-state index contributed by atoms with van der Waals surface area (Å²) in [6.07, 6.45) is 1.45. The highest BCUT2D eigenvalue weighted by molar-refractivity contribution is 5.90. The van der Waals surface area contributed by atoms with Crippen molar-refractivity contribution in [2.24, 2.45) is 5.10 Å². The molecule has 0 unspecified atom stereocenters. The molecule has 2 aromatic carbocycles. The van der Waals surface area contributed by atoms with Crippen molar-refractivity contribution in [3.8, 4) is 0 Å². The lowest BCUT2D eigenvalue weighted by Crippen LogP contribution is -2.43. The van der Waals surface area contributed by atoms with Gasteiger partial charge in [0.15, 0.2) is 5.60 Å². The van der Waals surface area contributed by atoms with Crippen molar-refractivity contribution in [1.29, 1.82) is 0 Å². The summed E-state index contributed by atoms with van der Waals surface area (Å²) in [7, 11) is 3.58. The number of hydrazone groups is 1. The summed E-state index contributed by atoms with van der Waals surface area (Å²) in [4.78, 5) is 14.2. The maximum absolute atomic E-state index is 12.6. The first-order chi connectivity index (χ1) is 10.5. The van der Waals surface area contributed by atoms with E-state index >= 15 is 0 Å². The number of carbonyl (C=O) groups is 1. The highest BCUT2D eigenvalue weighted by Crippen LogP contribution is 2.29. The van der Waals surface area contributed by atoms with Gasteiger partial charge in [0.2, 0.25) is 0 Å². The van der Waals surface area contributed by atoms with Crippen LogP contribution in [0.1, 0.15) is 11.1 Å². The monoisotopic (exact) mass is 297 g/mol. The van der Waals surface area contributed by atoms with Crippen molar-refractivity contribution in [2.45, 2.75) is 5.60 Å².